The van der Waals surface area contributed by atoms with E-state index in [0.717, 1.165) is 30.8 Å². The number of hydrogen-bond donors (Lipinski definition) is 2. The predicted octanol–water partition coefficient (Wildman–Crippen LogP) is 2.83. The molecule has 1 heterocycles. The molecular weight excluding hydrogens is 260 g/mol. The minimum absolute atomic E-state index is 0.113. The maximum absolute atomic E-state index is 12.1. The quantitative estimate of drug-likeness (QED) is 0.884. The highest BCUT2D eigenvalue weighted by atomic mass is 16.1. The fraction of sp³-hybridized carbons (Fsp3) is 0.278. The van der Waals surface area contributed by atoms with Crippen LogP contribution in [0.2, 0.25) is 0 Å². The Bertz CT molecular complexity index is 606. The Hall–Kier alpha value is -2.13. The summed E-state index contributed by atoms with van der Waals surface area (Å²) in [6, 6.07) is 18.4. The van der Waals surface area contributed by atoms with E-state index in [-0.39, 0.29) is 5.91 Å². The largest absolute Gasteiger partial charge is 0.326 e. The van der Waals surface area contributed by atoms with Crippen LogP contribution >= 0.6 is 0 Å². The molecular formula is C18H20N2O. The molecule has 1 aliphatic heterocycles. The summed E-state index contributed by atoms with van der Waals surface area (Å²) in [5.41, 5.74) is 3.34. The third kappa shape index (κ3) is 3.70. The normalized spacial score (nSPS) is 14.5. The van der Waals surface area contributed by atoms with Crippen molar-refractivity contribution < 1.29 is 4.79 Å². The number of anilines is 1. The van der Waals surface area contributed by atoms with Gasteiger partial charge in [-0.1, -0.05) is 48.5 Å². The SMILES string of the molecule is O=C(CC1CNC1)Nc1ccccc1Cc1ccccc1. The van der Waals surface area contributed by atoms with E-state index in [2.05, 4.69) is 28.8 Å². The lowest BCUT2D eigenvalue weighted by Crippen LogP contribution is -2.43. The topological polar surface area (TPSA) is 41.1 Å². The number of carbonyl (C=O) groups is 1. The number of carbonyl (C=O) groups excluding carboxylic acids is 1. The van der Waals surface area contributed by atoms with Crippen LogP contribution in [0, 0.1) is 5.92 Å². The average Bonchev–Trinajstić information content (AvgIpc) is 2.46. The highest BCUT2D eigenvalue weighted by Gasteiger charge is 2.20. The Morgan fingerprint density at radius 3 is 2.48 bits per heavy atom. The monoisotopic (exact) mass is 280 g/mol. The molecule has 1 amide bonds. The van der Waals surface area contributed by atoms with E-state index in [4.69, 9.17) is 0 Å². The third-order valence-corrected chi connectivity index (χ3v) is 3.87. The molecule has 3 rings (SSSR count). The van der Waals surface area contributed by atoms with Gasteiger partial charge in [0.15, 0.2) is 0 Å². The Morgan fingerprint density at radius 2 is 1.76 bits per heavy atom. The molecule has 0 aliphatic carbocycles. The first-order chi connectivity index (χ1) is 10.3. The zero-order chi connectivity index (χ0) is 14.5. The first-order valence-electron chi connectivity index (χ1n) is 7.43. The van der Waals surface area contributed by atoms with Gasteiger partial charge in [-0.05, 0) is 42.6 Å². The Labute approximate surface area is 125 Å². The molecule has 2 aromatic carbocycles. The molecule has 21 heavy (non-hydrogen) atoms. The average molecular weight is 280 g/mol. The first-order valence-corrected chi connectivity index (χ1v) is 7.43. The van der Waals surface area contributed by atoms with Crippen molar-refractivity contribution in [2.75, 3.05) is 18.4 Å². The zero-order valence-electron chi connectivity index (χ0n) is 12.0. The maximum atomic E-state index is 12.1. The van der Waals surface area contributed by atoms with Crippen molar-refractivity contribution in [2.45, 2.75) is 12.8 Å². The second-order valence-corrected chi connectivity index (χ2v) is 5.60. The predicted molar refractivity (Wildman–Crippen MR) is 85.3 cm³/mol. The van der Waals surface area contributed by atoms with Gasteiger partial charge in [-0.2, -0.15) is 0 Å². The standard InChI is InChI=1S/C18H20N2O/c21-18(11-15-12-19-13-15)20-17-9-5-4-8-16(17)10-14-6-2-1-3-7-14/h1-9,15,19H,10-13H2,(H,20,21). The van der Waals surface area contributed by atoms with Crippen LogP contribution in [-0.4, -0.2) is 19.0 Å². The summed E-state index contributed by atoms with van der Waals surface area (Å²) in [7, 11) is 0. The number of amides is 1. The van der Waals surface area contributed by atoms with Crippen molar-refractivity contribution in [2.24, 2.45) is 5.92 Å². The third-order valence-electron chi connectivity index (χ3n) is 3.87. The van der Waals surface area contributed by atoms with Gasteiger partial charge in [-0.3, -0.25) is 4.79 Å². The minimum Gasteiger partial charge on any atom is -0.326 e. The van der Waals surface area contributed by atoms with Crippen LogP contribution in [-0.2, 0) is 11.2 Å². The van der Waals surface area contributed by atoms with E-state index in [1.54, 1.807) is 0 Å². The molecule has 0 bridgehead atoms. The number of para-hydroxylation sites is 1. The molecule has 3 nitrogen and oxygen atoms in total. The summed E-state index contributed by atoms with van der Waals surface area (Å²) in [5, 5.41) is 6.26. The molecule has 2 N–H and O–H groups in total. The number of nitrogens with one attached hydrogen (secondary N) is 2. The van der Waals surface area contributed by atoms with Crippen molar-refractivity contribution in [3.05, 3.63) is 65.7 Å². The highest BCUT2D eigenvalue weighted by Crippen LogP contribution is 2.20. The fourth-order valence-electron chi connectivity index (χ4n) is 2.57. The van der Waals surface area contributed by atoms with Crippen molar-refractivity contribution in [3.63, 3.8) is 0 Å². The lowest BCUT2D eigenvalue weighted by atomic mass is 9.98. The summed E-state index contributed by atoms with van der Waals surface area (Å²) >= 11 is 0. The zero-order valence-corrected chi connectivity index (χ0v) is 12.0. The second-order valence-electron chi connectivity index (χ2n) is 5.60. The van der Waals surface area contributed by atoms with E-state index >= 15 is 0 Å². The Kier molecular flexibility index (Phi) is 4.31. The Balaban J connectivity index is 1.68. The summed E-state index contributed by atoms with van der Waals surface area (Å²) < 4.78 is 0. The van der Waals surface area contributed by atoms with Gasteiger partial charge in [0.2, 0.25) is 5.91 Å². The van der Waals surface area contributed by atoms with Crippen molar-refractivity contribution in [1.29, 1.82) is 0 Å². The van der Waals surface area contributed by atoms with Crippen LogP contribution < -0.4 is 10.6 Å². The molecule has 2 aromatic rings. The number of rotatable bonds is 5. The molecule has 0 spiro atoms. The molecule has 0 radical (unpaired) electrons. The molecule has 1 aliphatic rings. The maximum Gasteiger partial charge on any atom is 0.224 e. The molecule has 0 saturated carbocycles. The van der Waals surface area contributed by atoms with Gasteiger partial charge in [-0.15, -0.1) is 0 Å². The van der Waals surface area contributed by atoms with Crippen LogP contribution in [0.3, 0.4) is 0 Å². The lowest BCUT2D eigenvalue weighted by molar-refractivity contribution is -0.117. The van der Waals surface area contributed by atoms with Gasteiger partial charge in [0.25, 0.3) is 0 Å². The van der Waals surface area contributed by atoms with E-state index in [0.29, 0.717) is 12.3 Å². The van der Waals surface area contributed by atoms with Gasteiger partial charge < -0.3 is 10.6 Å². The van der Waals surface area contributed by atoms with Crippen molar-refractivity contribution in [3.8, 4) is 0 Å². The molecule has 1 fully saturated rings. The molecule has 1 saturated heterocycles. The first kappa shape index (κ1) is 13.8. The van der Waals surface area contributed by atoms with Crippen molar-refractivity contribution in [1.82, 2.24) is 5.32 Å². The second kappa shape index (κ2) is 6.55. The molecule has 0 atom stereocenters. The summed E-state index contributed by atoms with van der Waals surface area (Å²) in [4.78, 5) is 12.1. The van der Waals surface area contributed by atoms with Crippen LogP contribution in [0.15, 0.2) is 54.6 Å². The summed E-state index contributed by atoms with van der Waals surface area (Å²) in [5.74, 6) is 0.605. The molecule has 3 heteroatoms. The molecule has 0 aromatic heterocycles. The van der Waals surface area contributed by atoms with Crippen molar-refractivity contribution >= 4 is 11.6 Å². The van der Waals surface area contributed by atoms with E-state index in [9.17, 15) is 4.79 Å². The fourth-order valence-corrected chi connectivity index (χ4v) is 2.57. The molecule has 0 unspecified atom stereocenters. The van der Waals surface area contributed by atoms with Gasteiger partial charge in [0, 0.05) is 12.1 Å². The number of hydrogen-bond acceptors (Lipinski definition) is 2. The number of benzene rings is 2. The van der Waals surface area contributed by atoms with Crippen LogP contribution in [0.4, 0.5) is 5.69 Å². The van der Waals surface area contributed by atoms with Gasteiger partial charge in [-0.25, -0.2) is 0 Å². The molecule has 108 valence electrons. The summed E-state index contributed by atoms with van der Waals surface area (Å²) in [6.07, 6.45) is 1.44. The van der Waals surface area contributed by atoms with Crippen LogP contribution in [0.5, 0.6) is 0 Å². The van der Waals surface area contributed by atoms with Crippen LogP contribution in [0.1, 0.15) is 17.5 Å². The van der Waals surface area contributed by atoms with Gasteiger partial charge in [0.05, 0.1) is 0 Å². The smallest absolute Gasteiger partial charge is 0.224 e. The highest BCUT2D eigenvalue weighted by molar-refractivity contribution is 5.91. The van der Waals surface area contributed by atoms with E-state index in [1.807, 2.05) is 36.4 Å². The Morgan fingerprint density at radius 1 is 1.05 bits per heavy atom. The summed E-state index contributed by atoms with van der Waals surface area (Å²) in [6.45, 7) is 1.91. The van der Waals surface area contributed by atoms with Gasteiger partial charge >= 0.3 is 0 Å². The van der Waals surface area contributed by atoms with E-state index in [1.165, 1.54) is 5.56 Å². The van der Waals surface area contributed by atoms with E-state index < -0.39 is 0 Å². The van der Waals surface area contributed by atoms with Crippen LogP contribution in [0.25, 0.3) is 0 Å². The van der Waals surface area contributed by atoms with Gasteiger partial charge in [0.1, 0.15) is 0 Å². The minimum atomic E-state index is 0.113. The lowest BCUT2D eigenvalue weighted by Gasteiger charge is -2.26.